The molecule has 1 aromatic rings. The van der Waals surface area contributed by atoms with Crippen LogP contribution in [0, 0.1) is 10.1 Å². The van der Waals surface area contributed by atoms with E-state index in [0.717, 1.165) is 0 Å². The number of nitrogens with one attached hydrogen (secondary N) is 2. The van der Waals surface area contributed by atoms with Crippen LogP contribution in [0.3, 0.4) is 0 Å². The first-order valence-corrected chi connectivity index (χ1v) is 6.96. The molecule has 0 fully saturated rings. The zero-order valence-electron chi connectivity index (χ0n) is 13.3. The highest BCUT2D eigenvalue weighted by Crippen LogP contribution is 2.29. The van der Waals surface area contributed by atoms with Gasteiger partial charge in [-0.2, -0.15) is 0 Å². The number of aliphatic carboxylic acids is 1. The summed E-state index contributed by atoms with van der Waals surface area (Å²) in [6.07, 6.45) is -0.320. The number of carboxylic acids is 1. The summed E-state index contributed by atoms with van der Waals surface area (Å²) in [7, 11) is 2.78. The van der Waals surface area contributed by atoms with Gasteiger partial charge in [0.15, 0.2) is 0 Å². The topological polar surface area (TPSA) is 140 Å². The lowest BCUT2D eigenvalue weighted by atomic mass is 10.2. The third kappa shape index (κ3) is 5.82. The number of methoxy groups -OCH3 is 2. The first kappa shape index (κ1) is 19.3. The van der Waals surface area contributed by atoms with E-state index in [-0.39, 0.29) is 30.1 Å². The molecular weight excluding hydrogens is 322 g/mol. The van der Waals surface area contributed by atoms with Gasteiger partial charge in [0.05, 0.1) is 36.8 Å². The summed E-state index contributed by atoms with van der Waals surface area (Å²) in [5.41, 5.74) is 0.0311. The summed E-state index contributed by atoms with van der Waals surface area (Å²) in [5, 5.41) is 25.0. The monoisotopic (exact) mass is 341 g/mol. The number of nitrogens with zero attached hydrogens (tertiary/aromatic N) is 1. The largest absolute Gasteiger partial charge is 0.494 e. The lowest BCUT2D eigenvalue weighted by molar-refractivity contribution is -0.384. The first-order valence-electron chi connectivity index (χ1n) is 6.96. The molecular formula is C14H19N3O7. The van der Waals surface area contributed by atoms with E-state index < -0.39 is 22.8 Å². The summed E-state index contributed by atoms with van der Waals surface area (Å²) in [5.74, 6) is -1.63. The van der Waals surface area contributed by atoms with Gasteiger partial charge in [0.1, 0.15) is 11.8 Å². The van der Waals surface area contributed by atoms with Gasteiger partial charge >= 0.3 is 5.97 Å². The van der Waals surface area contributed by atoms with Crippen molar-refractivity contribution < 1.29 is 29.1 Å². The highest BCUT2D eigenvalue weighted by Gasteiger charge is 2.21. The number of hydrogen-bond acceptors (Lipinski definition) is 7. The SMILES string of the molecule is COCCNC(CC(=O)Nc1ccc([N+](=O)[O-])cc1OC)C(=O)O. The molecule has 1 rings (SSSR count). The molecule has 0 aliphatic carbocycles. The summed E-state index contributed by atoms with van der Waals surface area (Å²) in [6.45, 7) is 0.586. The van der Waals surface area contributed by atoms with Crippen LogP contribution in [0.4, 0.5) is 11.4 Å². The quantitative estimate of drug-likeness (QED) is 0.320. The van der Waals surface area contributed by atoms with Gasteiger partial charge in [-0.1, -0.05) is 0 Å². The minimum atomic E-state index is -1.17. The minimum Gasteiger partial charge on any atom is -0.494 e. The van der Waals surface area contributed by atoms with E-state index in [0.29, 0.717) is 6.61 Å². The number of hydrogen-bond donors (Lipinski definition) is 3. The lowest BCUT2D eigenvalue weighted by Gasteiger charge is -2.15. The van der Waals surface area contributed by atoms with Crippen LogP contribution in [0.1, 0.15) is 6.42 Å². The van der Waals surface area contributed by atoms with Gasteiger partial charge < -0.3 is 25.2 Å². The van der Waals surface area contributed by atoms with Crippen LogP contribution in [-0.2, 0) is 14.3 Å². The molecule has 1 aromatic carbocycles. The third-order valence-electron chi connectivity index (χ3n) is 3.05. The summed E-state index contributed by atoms with van der Waals surface area (Å²) in [6, 6.07) is 2.62. The van der Waals surface area contributed by atoms with Gasteiger partial charge in [-0.05, 0) is 6.07 Å². The predicted molar refractivity (Wildman–Crippen MR) is 84.2 cm³/mol. The molecule has 24 heavy (non-hydrogen) atoms. The van der Waals surface area contributed by atoms with Crippen LogP contribution in [-0.4, -0.2) is 55.3 Å². The molecule has 0 saturated carbocycles. The van der Waals surface area contributed by atoms with E-state index in [9.17, 15) is 19.7 Å². The number of carboxylic acid groups (broad SMARTS) is 1. The van der Waals surface area contributed by atoms with Crippen molar-refractivity contribution in [3.05, 3.63) is 28.3 Å². The maximum Gasteiger partial charge on any atom is 0.321 e. The Hall–Kier alpha value is -2.72. The van der Waals surface area contributed by atoms with E-state index in [2.05, 4.69) is 10.6 Å². The molecule has 1 unspecified atom stereocenters. The van der Waals surface area contributed by atoms with Crippen molar-refractivity contribution in [2.45, 2.75) is 12.5 Å². The number of amides is 1. The van der Waals surface area contributed by atoms with Crippen LogP contribution < -0.4 is 15.4 Å². The Kier molecular flexibility index (Phi) is 7.59. The smallest absolute Gasteiger partial charge is 0.321 e. The first-order chi connectivity index (χ1) is 11.4. The van der Waals surface area contributed by atoms with Gasteiger partial charge in [0, 0.05) is 19.7 Å². The number of nitro benzene ring substituents is 1. The maximum atomic E-state index is 12.0. The Labute approximate surface area is 137 Å². The normalized spacial score (nSPS) is 11.6. The fourth-order valence-electron chi connectivity index (χ4n) is 1.87. The number of ether oxygens (including phenoxy) is 2. The second kappa shape index (κ2) is 9.43. The standard InChI is InChI=1S/C14H19N3O7/c1-23-6-5-15-11(14(19)20)8-13(18)16-10-4-3-9(17(21)22)7-12(10)24-2/h3-4,7,11,15H,5-6,8H2,1-2H3,(H,16,18)(H,19,20). The molecule has 0 saturated heterocycles. The zero-order valence-corrected chi connectivity index (χ0v) is 13.3. The highest BCUT2D eigenvalue weighted by atomic mass is 16.6. The lowest BCUT2D eigenvalue weighted by Crippen LogP contribution is -2.41. The predicted octanol–water partition coefficient (Wildman–Crippen LogP) is 0.621. The second-order valence-corrected chi connectivity index (χ2v) is 4.73. The van der Waals surface area contributed by atoms with E-state index in [4.69, 9.17) is 14.6 Å². The van der Waals surface area contributed by atoms with E-state index in [1.54, 1.807) is 0 Å². The van der Waals surface area contributed by atoms with Gasteiger partial charge in [0.25, 0.3) is 5.69 Å². The highest BCUT2D eigenvalue weighted by molar-refractivity contribution is 5.95. The molecule has 1 atom stereocenters. The molecule has 1 amide bonds. The second-order valence-electron chi connectivity index (χ2n) is 4.73. The van der Waals surface area contributed by atoms with Crippen molar-refractivity contribution in [1.29, 1.82) is 0 Å². The van der Waals surface area contributed by atoms with Crippen molar-refractivity contribution in [2.75, 3.05) is 32.7 Å². The Bertz CT molecular complexity index is 606. The zero-order chi connectivity index (χ0) is 18.1. The molecule has 0 aliphatic heterocycles. The Morgan fingerprint density at radius 2 is 2.08 bits per heavy atom. The molecule has 0 aromatic heterocycles. The fourth-order valence-corrected chi connectivity index (χ4v) is 1.87. The average molecular weight is 341 g/mol. The van der Waals surface area contributed by atoms with Gasteiger partial charge in [-0.15, -0.1) is 0 Å². The number of non-ortho nitro benzene ring substituents is 1. The molecule has 0 bridgehead atoms. The third-order valence-corrected chi connectivity index (χ3v) is 3.05. The average Bonchev–Trinajstić information content (AvgIpc) is 2.54. The molecule has 132 valence electrons. The number of anilines is 1. The molecule has 0 radical (unpaired) electrons. The number of carbonyl (C=O) groups excluding carboxylic acids is 1. The van der Waals surface area contributed by atoms with Crippen LogP contribution in [0.25, 0.3) is 0 Å². The molecule has 0 spiro atoms. The van der Waals surface area contributed by atoms with Crippen LogP contribution in [0.5, 0.6) is 5.75 Å². The Morgan fingerprint density at radius 1 is 1.38 bits per heavy atom. The van der Waals surface area contributed by atoms with Crippen LogP contribution >= 0.6 is 0 Å². The molecule has 10 heteroatoms. The van der Waals surface area contributed by atoms with E-state index >= 15 is 0 Å². The Balaban J connectivity index is 2.75. The van der Waals surface area contributed by atoms with Crippen LogP contribution in [0.2, 0.25) is 0 Å². The number of nitro groups is 1. The van der Waals surface area contributed by atoms with E-state index in [1.807, 2.05) is 0 Å². The van der Waals surface area contributed by atoms with Gasteiger partial charge in [-0.3, -0.25) is 19.7 Å². The number of rotatable bonds is 10. The summed E-state index contributed by atoms with van der Waals surface area (Å²) in [4.78, 5) is 33.3. The van der Waals surface area contributed by atoms with Crippen molar-refractivity contribution in [2.24, 2.45) is 0 Å². The maximum absolute atomic E-state index is 12.0. The number of carbonyl (C=O) groups is 2. The van der Waals surface area contributed by atoms with Crippen molar-refractivity contribution in [1.82, 2.24) is 5.32 Å². The van der Waals surface area contributed by atoms with Crippen LogP contribution in [0.15, 0.2) is 18.2 Å². The van der Waals surface area contributed by atoms with Gasteiger partial charge in [-0.25, -0.2) is 0 Å². The minimum absolute atomic E-state index is 0.108. The Morgan fingerprint density at radius 3 is 2.62 bits per heavy atom. The fraction of sp³-hybridized carbons (Fsp3) is 0.429. The molecule has 10 nitrogen and oxygen atoms in total. The number of benzene rings is 1. The summed E-state index contributed by atoms with van der Waals surface area (Å²) >= 11 is 0. The molecule has 3 N–H and O–H groups in total. The van der Waals surface area contributed by atoms with Crippen molar-refractivity contribution >= 4 is 23.3 Å². The van der Waals surface area contributed by atoms with Crippen molar-refractivity contribution in [3.63, 3.8) is 0 Å². The molecule has 0 aliphatic rings. The van der Waals surface area contributed by atoms with E-state index in [1.165, 1.54) is 32.4 Å². The molecule has 0 heterocycles. The summed E-state index contributed by atoms with van der Waals surface area (Å²) < 4.78 is 9.81. The van der Waals surface area contributed by atoms with Crippen molar-refractivity contribution in [3.8, 4) is 5.75 Å². The van der Waals surface area contributed by atoms with Gasteiger partial charge in [0.2, 0.25) is 5.91 Å².